The minimum atomic E-state index is -0.451. The van der Waals surface area contributed by atoms with Crippen LogP contribution in [0.25, 0.3) is 0 Å². The number of rotatable bonds is 2. The first-order valence-corrected chi connectivity index (χ1v) is 6.78. The molecule has 0 spiro atoms. The molecule has 2 saturated heterocycles. The van der Waals surface area contributed by atoms with Crippen LogP contribution in [0.2, 0.25) is 0 Å². The topological polar surface area (TPSA) is 61.8 Å². The minimum Gasteiger partial charge on any atom is -0.444 e. The van der Waals surface area contributed by atoms with E-state index in [2.05, 4.69) is 5.32 Å². The predicted octanol–water partition coefficient (Wildman–Crippen LogP) is 1.11. The molecule has 0 aromatic carbocycles. The van der Waals surface area contributed by atoms with Gasteiger partial charge >= 0.3 is 6.09 Å². The van der Waals surface area contributed by atoms with Gasteiger partial charge in [0.15, 0.2) is 0 Å². The number of hydrogen-bond donors (Lipinski definition) is 2. The summed E-state index contributed by atoms with van der Waals surface area (Å²) in [5.41, 5.74) is -0.451. The van der Waals surface area contributed by atoms with Gasteiger partial charge in [-0.25, -0.2) is 4.79 Å². The molecule has 2 rings (SSSR count). The summed E-state index contributed by atoms with van der Waals surface area (Å²) in [7, 11) is 0. The molecule has 2 heterocycles. The van der Waals surface area contributed by atoms with Gasteiger partial charge < -0.3 is 15.2 Å². The van der Waals surface area contributed by atoms with Crippen LogP contribution < -0.4 is 5.32 Å². The van der Waals surface area contributed by atoms with E-state index in [9.17, 15) is 4.79 Å². The van der Waals surface area contributed by atoms with Crippen molar-refractivity contribution in [3.63, 3.8) is 0 Å². The van der Waals surface area contributed by atoms with Crippen molar-refractivity contribution in [2.45, 2.75) is 63.8 Å². The van der Waals surface area contributed by atoms with Crippen LogP contribution in [0.4, 0.5) is 4.79 Å². The van der Waals surface area contributed by atoms with E-state index in [0.717, 1.165) is 19.4 Å². The van der Waals surface area contributed by atoms with Crippen molar-refractivity contribution in [2.24, 2.45) is 0 Å². The van der Waals surface area contributed by atoms with Crippen molar-refractivity contribution in [3.05, 3.63) is 0 Å². The average Bonchev–Trinajstić information content (AvgIpc) is 2.56. The molecule has 104 valence electrons. The number of aliphatic hydroxyl groups excluding tert-OH is 1. The fraction of sp³-hybridized carbons (Fsp3) is 0.923. The van der Waals surface area contributed by atoms with E-state index < -0.39 is 5.60 Å². The lowest BCUT2D eigenvalue weighted by atomic mass is 10.0. The Morgan fingerprint density at radius 3 is 2.78 bits per heavy atom. The molecule has 2 aliphatic heterocycles. The zero-order valence-corrected chi connectivity index (χ0v) is 11.5. The van der Waals surface area contributed by atoms with Gasteiger partial charge in [-0.05, 0) is 40.0 Å². The molecule has 3 atom stereocenters. The Morgan fingerprint density at radius 1 is 1.44 bits per heavy atom. The largest absolute Gasteiger partial charge is 0.444 e. The van der Waals surface area contributed by atoms with E-state index in [4.69, 9.17) is 9.84 Å². The maximum Gasteiger partial charge on any atom is 0.410 e. The Balaban J connectivity index is 2.05. The molecule has 2 N–H and O–H groups in total. The number of amides is 1. The van der Waals surface area contributed by atoms with Gasteiger partial charge in [-0.15, -0.1) is 0 Å². The Hall–Kier alpha value is -0.810. The number of aliphatic hydroxyl groups is 1. The number of ether oxygens (including phenoxy) is 1. The zero-order valence-electron chi connectivity index (χ0n) is 11.5. The molecule has 0 saturated carbocycles. The van der Waals surface area contributed by atoms with Crippen LogP contribution in [0, 0.1) is 0 Å². The predicted molar refractivity (Wildman–Crippen MR) is 68.4 cm³/mol. The summed E-state index contributed by atoms with van der Waals surface area (Å²) in [5.74, 6) is 0. The summed E-state index contributed by atoms with van der Waals surface area (Å²) >= 11 is 0. The number of nitrogens with zero attached hydrogens (tertiary/aromatic N) is 1. The normalized spacial score (nSPS) is 31.6. The Labute approximate surface area is 108 Å². The van der Waals surface area contributed by atoms with Gasteiger partial charge in [0, 0.05) is 25.2 Å². The fourth-order valence-corrected chi connectivity index (χ4v) is 2.96. The van der Waals surface area contributed by atoms with Crippen molar-refractivity contribution in [1.82, 2.24) is 10.2 Å². The highest BCUT2D eigenvalue weighted by molar-refractivity contribution is 5.70. The first-order chi connectivity index (χ1) is 8.42. The van der Waals surface area contributed by atoms with E-state index in [1.54, 1.807) is 0 Å². The van der Waals surface area contributed by atoms with Gasteiger partial charge in [0.1, 0.15) is 5.60 Å². The van der Waals surface area contributed by atoms with Gasteiger partial charge in [-0.3, -0.25) is 4.90 Å². The molecule has 0 aliphatic carbocycles. The van der Waals surface area contributed by atoms with Crippen LogP contribution in [-0.4, -0.2) is 53.0 Å². The van der Waals surface area contributed by atoms with E-state index in [0.29, 0.717) is 6.42 Å². The van der Waals surface area contributed by atoms with Crippen LogP contribution in [-0.2, 0) is 4.74 Å². The second-order valence-electron chi connectivity index (χ2n) is 6.21. The molecule has 1 amide bonds. The highest BCUT2D eigenvalue weighted by atomic mass is 16.6. The Morgan fingerprint density at radius 2 is 2.17 bits per heavy atom. The molecule has 5 nitrogen and oxygen atoms in total. The van der Waals surface area contributed by atoms with E-state index in [-0.39, 0.29) is 30.8 Å². The lowest BCUT2D eigenvalue weighted by Gasteiger charge is -2.41. The van der Waals surface area contributed by atoms with Gasteiger partial charge in [0.05, 0.1) is 6.04 Å². The molecule has 0 radical (unpaired) electrons. The highest BCUT2D eigenvalue weighted by Gasteiger charge is 2.45. The van der Waals surface area contributed by atoms with E-state index in [1.165, 1.54) is 0 Å². The summed E-state index contributed by atoms with van der Waals surface area (Å²) in [6.45, 7) is 6.63. The summed E-state index contributed by atoms with van der Waals surface area (Å²) < 4.78 is 5.48. The Bertz CT molecular complexity index is 314. The van der Waals surface area contributed by atoms with E-state index in [1.807, 2.05) is 25.7 Å². The maximum atomic E-state index is 12.2. The highest BCUT2D eigenvalue weighted by Crippen LogP contribution is 2.32. The standard InChI is InChI=1S/C13H24N2O3/c1-13(2,3)18-12(17)15-9-4-5-11(15)10(6-7-16)14-8-9/h9-11,14,16H,4-8H2,1-3H3/t9-,10?,11+/m1/s1. The number of carbonyl (C=O) groups is 1. The smallest absolute Gasteiger partial charge is 0.410 e. The van der Waals surface area contributed by atoms with Crippen LogP contribution in [0.1, 0.15) is 40.0 Å². The molecule has 1 unspecified atom stereocenters. The third-order valence-corrected chi connectivity index (χ3v) is 3.67. The van der Waals surface area contributed by atoms with Gasteiger partial charge in [0.2, 0.25) is 0 Å². The molecule has 18 heavy (non-hydrogen) atoms. The third kappa shape index (κ3) is 2.78. The second kappa shape index (κ2) is 5.05. The summed E-state index contributed by atoms with van der Waals surface area (Å²) in [6.07, 6.45) is 2.51. The first-order valence-electron chi connectivity index (χ1n) is 6.78. The average molecular weight is 256 g/mol. The first kappa shape index (κ1) is 13.6. The quantitative estimate of drug-likeness (QED) is 0.777. The molecule has 0 aromatic rings. The number of fused-ring (bicyclic) bond motifs is 2. The number of carbonyl (C=O) groups excluding carboxylic acids is 1. The molecular weight excluding hydrogens is 232 g/mol. The van der Waals surface area contributed by atoms with Crippen LogP contribution in [0.3, 0.4) is 0 Å². The van der Waals surface area contributed by atoms with Crippen LogP contribution in [0.5, 0.6) is 0 Å². The molecule has 5 heteroatoms. The van der Waals surface area contributed by atoms with Crippen molar-refractivity contribution in [2.75, 3.05) is 13.2 Å². The van der Waals surface area contributed by atoms with Crippen molar-refractivity contribution < 1.29 is 14.6 Å². The van der Waals surface area contributed by atoms with Crippen LogP contribution >= 0.6 is 0 Å². The minimum absolute atomic E-state index is 0.154. The maximum absolute atomic E-state index is 12.2. The number of piperazine rings is 1. The summed E-state index contributed by atoms with van der Waals surface area (Å²) in [4.78, 5) is 14.1. The molecule has 2 bridgehead atoms. The van der Waals surface area contributed by atoms with Gasteiger partial charge in [-0.1, -0.05) is 0 Å². The third-order valence-electron chi connectivity index (χ3n) is 3.67. The van der Waals surface area contributed by atoms with Gasteiger partial charge in [-0.2, -0.15) is 0 Å². The second-order valence-corrected chi connectivity index (χ2v) is 6.21. The van der Waals surface area contributed by atoms with Crippen molar-refractivity contribution >= 4 is 6.09 Å². The molecule has 2 fully saturated rings. The Kier molecular flexibility index (Phi) is 3.82. The zero-order chi connectivity index (χ0) is 13.3. The van der Waals surface area contributed by atoms with Crippen molar-refractivity contribution in [1.29, 1.82) is 0 Å². The SMILES string of the molecule is CC(C)(C)OC(=O)N1[C@@H]2CC[C@H]1C(CCO)NC2. The molecule has 0 aromatic heterocycles. The summed E-state index contributed by atoms with van der Waals surface area (Å²) in [5, 5.41) is 12.5. The number of hydrogen-bond acceptors (Lipinski definition) is 4. The van der Waals surface area contributed by atoms with Crippen LogP contribution in [0.15, 0.2) is 0 Å². The molecule has 2 aliphatic rings. The van der Waals surface area contributed by atoms with Crippen molar-refractivity contribution in [3.8, 4) is 0 Å². The molecular formula is C13H24N2O3. The monoisotopic (exact) mass is 256 g/mol. The lowest BCUT2D eigenvalue weighted by Crippen LogP contribution is -2.60. The van der Waals surface area contributed by atoms with E-state index >= 15 is 0 Å². The lowest BCUT2D eigenvalue weighted by molar-refractivity contribution is 0.00267. The summed E-state index contributed by atoms with van der Waals surface area (Å²) in [6, 6.07) is 0.617. The fourth-order valence-electron chi connectivity index (χ4n) is 2.96. The van der Waals surface area contributed by atoms with Gasteiger partial charge in [0.25, 0.3) is 0 Å². The number of nitrogens with one attached hydrogen (secondary N) is 1.